The molecule has 3 atom stereocenters. The van der Waals surface area contributed by atoms with Gasteiger partial charge >= 0.3 is 0 Å². The Morgan fingerprint density at radius 1 is 1.14 bits per heavy atom. The van der Waals surface area contributed by atoms with E-state index < -0.39 is 0 Å². The van der Waals surface area contributed by atoms with E-state index >= 15 is 0 Å². The maximum Gasteiger partial charge on any atom is 0.254 e. The molecule has 2 saturated heterocycles. The van der Waals surface area contributed by atoms with Crippen LogP contribution in [0, 0.1) is 16.7 Å². The number of aromatic nitrogens is 4. The number of morpholine rings is 1. The summed E-state index contributed by atoms with van der Waals surface area (Å²) in [6.07, 6.45) is 12.7. The van der Waals surface area contributed by atoms with Gasteiger partial charge in [0, 0.05) is 36.1 Å². The van der Waals surface area contributed by atoms with E-state index in [0.717, 1.165) is 56.4 Å². The number of anilines is 2. The average molecular weight is 602 g/mol. The number of nitrogens with zero attached hydrogens (tertiary/aromatic N) is 7. The third kappa shape index (κ3) is 6.31. The van der Waals surface area contributed by atoms with Gasteiger partial charge < -0.3 is 19.9 Å². The topological polar surface area (TPSA) is 186 Å². The van der Waals surface area contributed by atoms with Gasteiger partial charge in [0.2, 0.25) is 5.95 Å². The minimum atomic E-state index is -0.360. The maximum absolute atomic E-state index is 10.6. The molecular weight excluding hydrogens is 562 g/mol. The third-order valence-corrected chi connectivity index (χ3v) is 8.91. The monoisotopic (exact) mass is 601 g/mol. The number of aromatic hydroxyl groups is 1. The number of nitrogens with one attached hydrogen (secondary N) is 3. The van der Waals surface area contributed by atoms with Crippen LogP contribution in [0.1, 0.15) is 57.1 Å². The van der Waals surface area contributed by atoms with Crippen LogP contribution in [0.2, 0.25) is 0 Å². The number of nitrogens with two attached hydrogens (primary N) is 1. The number of benzene rings is 1. The van der Waals surface area contributed by atoms with Crippen LogP contribution in [-0.4, -0.2) is 85.1 Å². The van der Waals surface area contributed by atoms with Crippen molar-refractivity contribution in [2.75, 3.05) is 25.1 Å². The molecule has 14 nitrogen and oxygen atoms in total. The number of fused-ring (bicyclic) bond motifs is 2. The SMILES string of the molecule is C[C@@H](CN(C=N)NN)Oc1cc(-c2cnc(Nc3cn([C@H]4CC[C@H](N5[C@@H]6CC[C@H]5COC6)CC4)nc3O)nc2)ccc1C#N. The summed E-state index contributed by atoms with van der Waals surface area (Å²) in [6, 6.07) is 9.40. The second-order valence-electron chi connectivity index (χ2n) is 11.8. The first-order valence-electron chi connectivity index (χ1n) is 15.1. The van der Waals surface area contributed by atoms with Gasteiger partial charge in [-0.2, -0.15) is 10.8 Å². The second kappa shape index (κ2) is 13.1. The largest absolute Gasteiger partial charge is 0.491 e. The molecule has 232 valence electrons. The van der Waals surface area contributed by atoms with Crippen LogP contribution in [-0.2, 0) is 4.74 Å². The Kier molecular flexibility index (Phi) is 8.89. The summed E-state index contributed by atoms with van der Waals surface area (Å²) in [5.74, 6) is 6.05. The molecule has 3 aromatic rings. The molecule has 0 radical (unpaired) electrons. The lowest BCUT2D eigenvalue weighted by Crippen LogP contribution is -2.52. The number of rotatable bonds is 11. The smallest absolute Gasteiger partial charge is 0.254 e. The molecule has 6 rings (SSSR count). The van der Waals surface area contributed by atoms with E-state index in [1.807, 2.05) is 23.9 Å². The zero-order valence-electron chi connectivity index (χ0n) is 24.8. The molecule has 1 saturated carbocycles. The maximum atomic E-state index is 10.6. The summed E-state index contributed by atoms with van der Waals surface area (Å²) in [5.41, 5.74) is 4.74. The van der Waals surface area contributed by atoms with Gasteiger partial charge in [-0.3, -0.25) is 25.8 Å². The van der Waals surface area contributed by atoms with Gasteiger partial charge in [0.05, 0.1) is 43.9 Å². The second-order valence-corrected chi connectivity index (χ2v) is 11.8. The molecule has 0 unspecified atom stereocenters. The lowest BCUT2D eigenvalue weighted by atomic mass is 9.89. The van der Waals surface area contributed by atoms with Crippen molar-refractivity contribution < 1.29 is 14.6 Å². The van der Waals surface area contributed by atoms with Crippen molar-refractivity contribution in [3.63, 3.8) is 0 Å². The highest BCUT2D eigenvalue weighted by molar-refractivity contribution is 5.67. The van der Waals surface area contributed by atoms with Gasteiger partial charge in [-0.1, -0.05) is 6.07 Å². The number of hydrazine groups is 2. The van der Waals surface area contributed by atoms with Gasteiger partial charge in [-0.15, -0.1) is 5.10 Å². The molecule has 1 aromatic carbocycles. The molecule has 14 heteroatoms. The Morgan fingerprint density at radius 2 is 1.82 bits per heavy atom. The number of hydrogen-bond acceptors (Lipinski definition) is 12. The van der Waals surface area contributed by atoms with Gasteiger partial charge in [0.1, 0.15) is 23.6 Å². The van der Waals surface area contributed by atoms with Crippen molar-refractivity contribution in [1.82, 2.24) is 35.2 Å². The molecular formula is C30H39N11O3. The van der Waals surface area contributed by atoms with Crippen LogP contribution in [0.5, 0.6) is 11.6 Å². The van der Waals surface area contributed by atoms with E-state index in [0.29, 0.717) is 47.6 Å². The third-order valence-electron chi connectivity index (χ3n) is 8.91. The van der Waals surface area contributed by atoms with Crippen molar-refractivity contribution in [1.29, 1.82) is 10.7 Å². The first-order chi connectivity index (χ1) is 21.4. The lowest BCUT2D eigenvalue weighted by Gasteiger charge is -2.43. The van der Waals surface area contributed by atoms with E-state index in [2.05, 4.69) is 36.9 Å². The fraction of sp³-hybridized carbons (Fsp3) is 0.500. The van der Waals surface area contributed by atoms with Crippen LogP contribution in [0.3, 0.4) is 0 Å². The molecule has 3 aliphatic rings. The number of ether oxygens (including phenoxy) is 2. The highest BCUT2D eigenvalue weighted by atomic mass is 16.5. The fourth-order valence-corrected chi connectivity index (χ4v) is 6.76. The normalized spacial score (nSPS) is 23.9. The van der Waals surface area contributed by atoms with Gasteiger partial charge in [-0.05, 0) is 63.1 Å². The van der Waals surface area contributed by atoms with E-state index in [4.69, 9.17) is 20.7 Å². The average Bonchev–Trinajstić information content (AvgIpc) is 3.54. The summed E-state index contributed by atoms with van der Waals surface area (Å²) < 4.78 is 13.6. The van der Waals surface area contributed by atoms with Gasteiger partial charge in [0.15, 0.2) is 0 Å². The number of nitriles is 1. The van der Waals surface area contributed by atoms with Crippen LogP contribution >= 0.6 is 0 Å². The first kappa shape index (κ1) is 29.8. The summed E-state index contributed by atoms with van der Waals surface area (Å²) in [7, 11) is 0. The predicted octanol–water partition coefficient (Wildman–Crippen LogP) is 3.06. The van der Waals surface area contributed by atoms with E-state index in [9.17, 15) is 10.4 Å². The highest BCUT2D eigenvalue weighted by Crippen LogP contribution is 2.39. The van der Waals surface area contributed by atoms with Gasteiger partial charge in [-0.25, -0.2) is 9.97 Å². The lowest BCUT2D eigenvalue weighted by molar-refractivity contribution is -0.0458. The summed E-state index contributed by atoms with van der Waals surface area (Å²) in [4.78, 5) is 11.6. The zero-order chi connectivity index (χ0) is 30.6. The number of hydrogen-bond donors (Lipinski definition) is 5. The molecule has 0 spiro atoms. The molecule has 2 aliphatic heterocycles. The Hall–Kier alpha value is -4.29. The molecule has 4 heterocycles. The summed E-state index contributed by atoms with van der Waals surface area (Å²) in [6.45, 7) is 3.85. The molecule has 44 heavy (non-hydrogen) atoms. The standard InChI is InChI=1S/C30H39N11O3/c1-19(14-39(18-32)38-33)44-28-10-20(2-3-21(28)11-31)22-12-34-30(35-13-22)36-27-15-40(37-29(27)42)23-4-6-24(7-5-23)41-25-8-9-26(41)17-43-16-25/h2-3,10,12-13,15,18-19,23-26,32,38H,4-9,14,16-17,33H2,1H3,(H,37,42)(H,34,35,36)/t19-,23-,24-,25-,26+/m0/s1. The molecule has 2 bridgehead atoms. The highest BCUT2D eigenvalue weighted by Gasteiger charge is 2.42. The van der Waals surface area contributed by atoms with Crippen molar-refractivity contribution in [3.05, 3.63) is 42.4 Å². The van der Waals surface area contributed by atoms with E-state index in [-0.39, 0.29) is 18.0 Å². The predicted molar refractivity (Wildman–Crippen MR) is 163 cm³/mol. The van der Waals surface area contributed by atoms with Crippen molar-refractivity contribution in [2.24, 2.45) is 5.84 Å². The van der Waals surface area contributed by atoms with Gasteiger partial charge in [0.25, 0.3) is 5.88 Å². The van der Waals surface area contributed by atoms with Crippen LogP contribution in [0.25, 0.3) is 11.1 Å². The molecule has 1 aliphatic carbocycles. The summed E-state index contributed by atoms with van der Waals surface area (Å²) in [5, 5.41) is 36.4. The quantitative estimate of drug-likeness (QED) is 0.0937. The fourth-order valence-electron chi connectivity index (χ4n) is 6.76. The van der Waals surface area contributed by atoms with Crippen molar-refractivity contribution in [2.45, 2.75) is 75.7 Å². The van der Waals surface area contributed by atoms with E-state index in [1.54, 1.807) is 24.5 Å². The Bertz CT molecular complexity index is 1470. The van der Waals surface area contributed by atoms with E-state index in [1.165, 1.54) is 17.9 Å². The Morgan fingerprint density at radius 3 is 2.48 bits per heavy atom. The molecule has 6 N–H and O–H groups in total. The molecule has 0 amide bonds. The Balaban J connectivity index is 1.08. The van der Waals surface area contributed by atoms with Crippen LogP contribution < -0.4 is 21.4 Å². The first-order valence-corrected chi connectivity index (χ1v) is 15.1. The minimum absolute atomic E-state index is 0.0829. The van der Waals surface area contributed by atoms with Crippen molar-refractivity contribution in [3.8, 4) is 28.8 Å². The van der Waals surface area contributed by atoms with Crippen LogP contribution in [0.15, 0.2) is 36.8 Å². The molecule has 2 aromatic heterocycles. The minimum Gasteiger partial charge on any atom is -0.491 e. The van der Waals surface area contributed by atoms with Crippen molar-refractivity contribution >= 4 is 18.0 Å². The zero-order valence-corrected chi connectivity index (χ0v) is 24.8. The Labute approximate surface area is 256 Å². The summed E-state index contributed by atoms with van der Waals surface area (Å²) >= 11 is 0. The molecule has 3 fully saturated rings. The van der Waals surface area contributed by atoms with Crippen LogP contribution in [0.4, 0.5) is 11.6 Å².